The van der Waals surface area contributed by atoms with Gasteiger partial charge in [-0.05, 0) is 38.5 Å². The number of hydrogen-bond donors (Lipinski definition) is 2. The van der Waals surface area contributed by atoms with Crippen LogP contribution < -0.4 is 11.1 Å². The number of rotatable bonds is 6. The first kappa shape index (κ1) is 13.9. The van der Waals surface area contributed by atoms with Crippen molar-refractivity contribution in [1.82, 2.24) is 5.32 Å². The van der Waals surface area contributed by atoms with Crippen LogP contribution in [0.1, 0.15) is 46.5 Å². The fourth-order valence-corrected chi connectivity index (χ4v) is 2.27. The van der Waals surface area contributed by atoms with Crippen LogP contribution in [0.3, 0.4) is 0 Å². The number of ether oxygens (including phenoxy) is 1. The topological polar surface area (TPSA) is 47.3 Å². The highest BCUT2D eigenvalue weighted by Gasteiger charge is 2.22. The van der Waals surface area contributed by atoms with Crippen molar-refractivity contribution >= 4 is 0 Å². The van der Waals surface area contributed by atoms with Crippen LogP contribution in [-0.4, -0.2) is 31.3 Å². The highest BCUT2D eigenvalue weighted by atomic mass is 16.5. The van der Waals surface area contributed by atoms with E-state index < -0.39 is 0 Å². The van der Waals surface area contributed by atoms with Crippen molar-refractivity contribution in [2.45, 2.75) is 64.6 Å². The summed E-state index contributed by atoms with van der Waals surface area (Å²) in [5.41, 5.74) is 5.92. The largest absolute Gasteiger partial charge is 0.380 e. The van der Waals surface area contributed by atoms with Crippen molar-refractivity contribution in [3.05, 3.63) is 0 Å². The molecule has 1 saturated carbocycles. The van der Waals surface area contributed by atoms with Gasteiger partial charge >= 0.3 is 0 Å². The molecule has 0 spiro atoms. The van der Waals surface area contributed by atoms with Gasteiger partial charge in [0.2, 0.25) is 0 Å². The first-order chi connectivity index (χ1) is 7.63. The maximum absolute atomic E-state index is 5.92. The summed E-state index contributed by atoms with van der Waals surface area (Å²) >= 11 is 0. The second-order valence-electron chi connectivity index (χ2n) is 5.29. The Morgan fingerprint density at radius 1 is 1.25 bits per heavy atom. The average Bonchev–Trinajstić information content (AvgIpc) is 2.26. The normalized spacial score (nSPS) is 28.3. The first-order valence-electron chi connectivity index (χ1n) is 6.72. The molecule has 0 radical (unpaired) electrons. The van der Waals surface area contributed by atoms with E-state index >= 15 is 0 Å². The Hall–Kier alpha value is -0.120. The molecule has 3 heteroatoms. The maximum atomic E-state index is 5.92. The summed E-state index contributed by atoms with van der Waals surface area (Å²) in [5, 5.41) is 3.73. The first-order valence-corrected chi connectivity index (χ1v) is 6.72. The molecule has 0 saturated heterocycles. The van der Waals surface area contributed by atoms with Crippen molar-refractivity contribution in [2.24, 2.45) is 11.7 Å². The van der Waals surface area contributed by atoms with Gasteiger partial charge in [0.1, 0.15) is 0 Å². The van der Waals surface area contributed by atoms with Crippen molar-refractivity contribution in [1.29, 1.82) is 0 Å². The molecular weight excluding hydrogens is 200 g/mol. The molecule has 0 heterocycles. The van der Waals surface area contributed by atoms with Crippen LogP contribution in [0.5, 0.6) is 0 Å². The van der Waals surface area contributed by atoms with Gasteiger partial charge in [-0.2, -0.15) is 0 Å². The molecule has 1 atom stereocenters. The van der Waals surface area contributed by atoms with Crippen LogP contribution in [0.15, 0.2) is 0 Å². The fourth-order valence-electron chi connectivity index (χ4n) is 2.27. The third-order valence-electron chi connectivity index (χ3n) is 3.53. The summed E-state index contributed by atoms with van der Waals surface area (Å²) in [5.74, 6) is 0.627. The monoisotopic (exact) mass is 228 g/mol. The molecule has 0 bridgehead atoms. The van der Waals surface area contributed by atoms with Crippen LogP contribution in [-0.2, 0) is 4.74 Å². The number of nitrogens with one attached hydrogen (secondary N) is 1. The Morgan fingerprint density at radius 2 is 1.88 bits per heavy atom. The minimum Gasteiger partial charge on any atom is -0.380 e. The van der Waals surface area contributed by atoms with Crippen molar-refractivity contribution in [3.8, 4) is 0 Å². The van der Waals surface area contributed by atoms with Gasteiger partial charge in [0.05, 0.1) is 6.61 Å². The molecule has 0 amide bonds. The van der Waals surface area contributed by atoms with Gasteiger partial charge in [-0.1, -0.05) is 13.8 Å². The van der Waals surface area contributed by atoms with Gasteiger partial charge in [-0.15, -0.1) is 0 Å². The summed E-state index contributed by atoms with van der Waals surface area (Å²) < 4.78 is 5.53. The summed E-state index contributed by atoms with van der Waals surface area (Å²) in [6, 6.07) is 1.56. The molecule has 0 aromatic carbocycles. The minimum absolute atomic E-state index is 0.433. The minimum atomic E-state index is 0.433. The van der Waals surface area contributed by atoms with E-state index in [1.807, 2.05) is 0 Å². The number of hydrogen-bond acceptors (Lipinski definition) is 3. The van der Waals surface area contributed by atoms with Crippen LogP contribution in [0.25, 0.3) is 0 Å². The molecule has 3 nitrogen and oxygen atoms in total. The third kappa shape index (κ3) is 4.81. The zero-order chi connectivity index (χ0) is 12.0. The lowest BCUT2D eigenvalue weighted by atomic mass is 9.90. The summed E-state index contributed by atoms with van der Waals surface area (Å²) in [6.45, 7) is 8.20. The SMILES string of the molecule is CCOCC(NC1CCC(N)CC1)C(C)C. The zero-order valence-electron chi connectivity index (χ0n) is 11.0. The van der Waals surface area contributed by atoms with Crippen LogP contribution in [0, 0.1) is 5.92 Å². The van der Waals surface area contributed by atoms with E-state index in [9.17, 15) is 0 Å². The van der Waals surface area contributed by atoms with Crippen molar-refractivity contribution in [3.63, 3.8) is 0 Å². The van der Waals surface area contributed by atoms with E-state index in [1.54, 1.807) is 0 Å². The average molecular weight is 228 g/mol. The lowest BCUT2D eigenvalue weighted by Crippen LogP contribution is -2.47. The van der Waals surface area contributed by atoms with Crippen molar-refractivity contribution in [2.75, 3.05) is 13.2 Å². The number of nitrogens with two attached hydrogens (primary N) is 1. The van der Waals surface area contributed by atoms with Gasteiger partial charge in [-0.25, -0.2) is 0 Å². The predicted molar refractivity (Wildman–Crippen MR) is 68.5 cm³/mol. The van der Waals surface area contributed by atoms with E-state index in [2.05, 4.69) is 26.1 Å². The lowest BCUT2D eigenvalue weighted by molar-refractivity contribution is 0.0997. The molecule has 0 aromatic heterocycles. The highest BCUT2D eigenvalue weighted by Crippen LogP contribution is 2.18. The molecule has 1 fully saturated rings. The Morgan fingerprint density at radius 3 is 2.38 bits per heavy atom. The van der Waals surface area contributed by atoms with Crippen LogP contribution in [0.2, 0.25) is 0 Å². The molecule has 1 unspecified atom stereocenters. The van der Waals surface area contributed by atoms with Crippen LogP contribution in [0.4, 0.5) is 0 Å². The molecule has 96 valence electrons. The van der Waals surface area contributed by atoms with Gasteiger partial charge in [-0.3, -0.25) is 0 Å². The summed E-state index contributed by atoms with van der Waals surface area (Å²) in [4.78, 5) is 0. The van der Waals surface area contributed by atoms with Gasteiger partial charge < -0.3 is 15.8 Å². The second-order valence-corrected chi connectivity index (χ2v) is 5.29. The fraction of sp³-hybridized carbons (Fsp3) is 1.00. The molecule has 0 aliphatic heterocycles. The maximum Gasteiger partial charge on any atom is 0.0622 e. The van der Waals surface area contributed by atoms with Crippen LogP contribution >= 0.6 is 0 Å². The summed E-state index contributed by atoms with van der Waals surface area (Å²) in [7, 11) is 0. The van der Waals surface area contributed by atoms with Gasteiger partial charge in [0.15, 0.2) is 0 Å². The molecule has 0 aromatic rings. The molecular formula is C13H28N2O. The Bertz CT molecular complexity index is 177. The molecule has 16 heavy (non-hydrogen) atoms. The lowest BCUT2D eigenvalue weighted by Gasteiger charge is -2.32. The second kappa shape index (κ2) is 7.25. The van der Waals surface area contributed by atoms with E-state index in [1.165, 1.54) is 12.8 Å². The van der Waals surface area contributed by atoms with E-state index in [4.69, 9.17) is 10.5 Å². The molecule has 1 aliphatic carbocycles. The molecule has 1 aliphatic rings. The molecule has 3 N–H and O–H groups in total. The molecule has 1 rings (SSSR count). The van der Waals surface area contributed by atoms with E-state index in [0.717, 1.165) is 26.1 Å². The van der Waals surface area contributed by atoms with E-state index in [-0.39, 0.29) is 0 Å². The summed E-state index contributed by atoms with van der Waals surface area (Å²) in [6.07, 6.45) is 4.77. The third-order valence-corrected chi connectivity index (χ3v) is 3.53. The Labute approximate surface area is 100 Å². The standard InChI is InChI=1S/C13H28N2O/c1-4-16-9-13(10(2)3)15-12-7-5-11(14)6-8-12/h10-13,15H,4-9,14H2,1-3H3. The Kier molecular flexibility index (Phi) is 6.32. The highest BCUT2D eigenvalue weighted by molar-refractivity contribution is 4.82. The zero-order valence-corrected chi connectivity index (χ0v) is 11.0. The van der Waals surface area contributed by atoms with Crippen molar-refractivity contribution < 1.29 is 4.74 Å². The smallest absolute Gasteiger partial charge is 0.0622 e. The van der Waals surface area contributed by atoms with Gasteiger partial charge in [0, 0.05) is 24.7 Å². The van der Waals surface area contributed by atoms with Gasteiger partial charge in [0.25, 0.3) is 0 Å². The Balaban J connectivity index is 2.30. The van der Waals surface area contributed by atoms with E-state index in [0.29, 0.717) is 24.0 Å². The quantitative estimate of drug-likeness (QED) is 0.730. The predicted octanol–water partition coefficient (Wildman–Crippen LogP) is 1.91.